The topological polar surface area (TPSA) is 36.4 Å². The fourth-order valence-corrected chi connectivity index (χ4v) is 2.38. The zero-order chi connectivity index (χ0) is 13.4. The Morgan fingerprint density at radius 2 is 1.94 bits per heavy atom. The number of aryl methyl sites for hydroxylation is 1. The molecule has 0 aliphatic carbocycles. The van der Waals surface area contributed by atoms with E-state index in [9.17, 15) is 0 Å². The van der Waals surface area contributed by atoms with Crippen LogP contribution in [0.2, 0.25) is 0 Å². The van der Waals surface area contributed by atoms with Crippen LogP contribution in [0.5, 0.6) is 0 Å². The summed E-state index contributed by atoms with van der Waals surface area (Å²) in [5.74, 6) is 1.54. The molecular formula is C14H25N3S. The summed E-state index contributed by atoms with van der Waals surface area (Å²) in [6.07, 6.45) is 1.11. The molecule has 0 spiro atoms. The van der Waals surface area contributed by atoms with E-state index in [1.165, 1.54) is 9.75 Å². The highest BCUT2D eigenvalue weighted by Gasteiger charge is 2.01. The number of rotatable bonds is 6. The van der Waals surface area contributed by atoms with E-state index >= 15 is 0 Å². The lowest BCUT2D eigenvalue weighted by Gasteiger charge is -2.12. The van der Waals surface area contributed by atoms with Crippen molar-refractivity contribution in [3.8, 4) is 0 Å². The minimum atomic E-state index is 0.627. The fourth-order valence-electron chi connectivity index (χ4n) is 1.50. The average molecular weight is 267 g/mol. The predicted molar refractivity (Wildman–Crippen MR) is 81.4 cm³/mol. The predicted octanol–water partition coefficient (Wildman–Crippen LogP) is 3.02. The van der Waals surface area contributed by atoms with Crippen molar-refractivity contribution in [1.82, 2.24) is 10.6 Å². The Bertz CT molecular complexity index is 369. The number of nitrogens with one attached hydrogen (secondary N) is 2. The molecule has 1 aromatic heterocycles. The Kier molecular flexibility index (Phi) is 6.80. The fraction of sp³-hybridized carbons (Fsp3) is 0.643. The average Bonchev–Trinajstić information content (AvgIpc) is 2.80. The second kappa shape index (κ2) is 8.14. The van der Waals surface area contributed by atoms with Gasteiger partial charge >= 0.3 is 0 Å². The van der Waals surface area contributed by atoms with E-state index in [1.54, 1.807) is 0 Å². The molecule has 0 radical (unpaired) electrons. The van der Waals surface area contributed by atoms with E-state index in [0.717, 1.165) is 32.0 Å². The van der Waals surface area contributed by atoms with Crippen LogP contribution in [-0.4, -0.2) is 19.0 Å². The highest BCUT2D eigenvalue weighted by molar-refractivity contribution is 7.11. The van der Waals surface area contributed by atoms with Gasteiger partial charge in [0.05, 0.1) is 6.54 Å². The Labute approximate surface area is 115 Å². The van der Waals surface area contributed by atoms with Crippen LogP contribution in [0.15, 0.2) is 17.1 Å². The molecule has 1 aromatic rings. The zero-order valence-corrected chi connectivity index (χ0v) is 12.7. The van der Waals surface area contributed by atoms with Gasteiger partial charge in [0.2, 0.25) is 0 Å². The van der Waals surface area contributed by atoms with E-state index in [-0.39, 0.29) is 0 Å². The first-order valence-corrected chi connectivity index (χ1v) is 7.57. The van der Waals surface area contributed by atoms with Gasteiger partial charge in [-0.1, -0.05) is 20.8 Å². The molecule has 3 nitrogen and oxygen atoms in total. The number of nitrogens with zero attached hydrogens (tertiary/aromatic N) is 1. The molecule has 1 heterocycles. The Morgan fingerprint density at radius 1 is 1.22 bits per heavy atom. The minimum Gasteiger partial charge on any atom is -0.357 e. The molecule has 0 saturated heterocycles. The second-order valence-electron chi connectivity index (χ2n) is 4.69. The normalized spacial score (nSPS) is 11.9. The molecule has 0 atom stereocenters. The third kappa shape index (κ3) is 5.54. The molecule has 4 heteroatoms. The van der Waals surface area contributed by atoms with Crippen LogP contribution in [-0.2, 0) is 13.0 Å². The highest BCUT2D eigenvalue weighted by Crippen LogP contribution is 2.17. The summed E-state index contributed by atoms with van der Waals surface area (Å²) in [4.78, 5) is 7.37. The third-order valence-electron chi connectivity index (χ3n) is 2.48. The lowest BCUT2D eigenvalue weighted by molar-refractivity contribution is 0.615. The van der Waals surface area contributed by atoms with E-state index in [4.69, 9.17) is 0 Å². The second-order valence-corrected chi connectivity index (χ2v) is 5.94. The Morgan fingerprint density at radius 3 is 2.50 bits per heavy atom. The van der Waals surface area contributed by atoms with Gasteiger partial charge in [-0.2, -0.15) is 0 Å². The van der Waals surface area contributed by atoms with Crippen molar-refractivity contribution in [2.45, 2.75) is 40.7 Å². The first-order valence-electron chi connectivity index (χ1n) is 6.75. The highest BCUT2D eigenvalue weighted by atomic mass is 32.1. The first-order chi connectivity index (χ1) is 8.65. The number of hydrogen-bond donors (Lipinski definition) is 2. The Balaban J connectivity index is 2.53. The van der Waals surface area contributed by atoms with Gasteiger partial charge in [0.25, 0.3) is 0 Å². The van der Waals surface area contributed by atoms with Crippen molar-refractivity contribution in [2.75, 3.05) is 13.1 Å². The number of aliphatic imine (C=N–C) groups is 1. The van der Waals surface area contributed by atoms with Gasteiger partial charge in [0.15, 0.2) is 5.96 Å². The third-order valence-corrected chi connectivity index (χ3v) is 3.70. The molecule has 0 unspecified atom stereocenters. The van der Waals surface area contributed by atoms with Crippen molar-refractivity contribution < 1.29 is 0 Å². The van der Waals surface area contributed by atoms with Gasteiger partial charge in [0, 0.05) is 22.8 Å². The van der Waals surface area contributed by atoms with Crippen LogP contribution in [0.3, 0.4) is 0 Å². The summed E-state index contributed by atoms with van der Waals surface area (Å²) in [5.41, 5.74) is 0. The monoisotopic (exact) mass is 267 g/mol. The molecule has 18 heavy (non-hydrogen) atoms. The molecule has 1 rings (SSSR count). The molecule has 0 saturated carbocycles. The molecule has 0 aromatic carbocycles. The zero-order valence-electron chi connectivity index (χ0n) is 11.9. The molecule has 0 aliphatic rings. The molecule has 0 amide bonds. The maximum atomic E-state index is 4.61. The first kappa shape index (κ1) is 15.0. The molecule has 2 N–H and O–H groups in total. The largest absolute Gasteiger partial charge is 0.357 e. The molecular weight excluding hydrogens is 242 g/mol. The SMILES string of the molecule is CCNC(=NCc1ccc(CC)s1)NCC(C)C. The summed E-state index contributed by atoms with van der Waals surface area (Å²) in [6, 6.07) is 4.38. The van der Waals surface area contributed by atoms with Crippen molar-refractivity contribution >= 4 is 17.3 Å². The van der Waals surface area contributed by atoms with Crippen LogP contribution in [0.4, 0.5) is 0 Å². The van der Waals surface area contributed by atoms with Crippen LogP contribution in [0.1, 0.15) is 37.4 Å². The summed E-state index contributed by atoms with van der Waals surface area (Å²) in [6.45, 7) is 11.3. The van der Waals surface area contributed by atoms with Crippen LogP contribution >= 0.6 is 11.3 Å². The van der Waals surface area contributed by atoms with Crippen LogP contribution in [0.25, 0.3) is 0 Å². The van der Waals surface area contributed by atoms with Crippen molar-refractivity contribution in [2.24, 2.45) is 10.9 Å². The standard InChI is InChI=1S/C14H25N3S/c1-5-12-7-8-13(18-12)10-17-14(15-6-2)16-9-11(3)4/h7-8,11H,5-6,9-10H2,1-4H3,(H2,15,16,17). The molecule has 0 bridgehead atoms. The van der Waals surface area contributed by atoms with Gasteiger partial charge < -0.3 is 10.6 Å². The van der Waals surface area contributed by atoms with Gasteiger partial charge in [-0.05, 0) is 31.4 Å². The smallest absolute Gasteiger partial charge is 0.191 e. The lowest BCUT2D eigenvalue weighted by Crippen LogP contribution is -2.39. The lowest BCUT2D eigenvalue weighted by atomic mass is 10.2. The number of guanidine groups is 1. The number of hydrogen-bond acceptors (Lipinski definition) is 2. The van der Waals surface area contributed by atoms with Crippen LogP contribution < -0.4 is 10.6 Å². The summed E-state index contributed by atoms with van der Waals surface area (Å²) in [7, 11) is 0. The van der Waals surface area contributed by atoms with Gasteiger partial charge in [-0.3, -0.25) is 0 Å². The van der Waals surface area contributed by atoms with E-state index in [2.05, 4.69) is 55.5 Å². The molecule has 0 aliphatic heterocycles. The van der Waals surface area contributed by atoms with E-state index < -0.39 is 0 Å². The van der Waals surface area contributed by atoms with Gasteiger partial charge in [0.1, 0.15) is 0 Å². The Hall–Kier alpha value is -1.03. The quantitative estimate of drug-likeness (QED) is 0.614. The van der Waals surface area contributed by atoms with E-state index in [1.807, 2.05) is 11.3 Å². The molecule has 0 fully saturated rings. The minimum absolute atomic E-state index is 0.627. The van der Waals surface area contributed by atoms with Crippen molar-refractivity contribution in [3.63, 3.8) is 0 Å². The number of thiophene rings is 1. The van der Waals surface area contributed by atoms with E-state index in [0.29, 0.717) is 5.92 Å². The maximum absolute atomic E-state index is 4.61. The summed E-state index contributed by atoms with van der Waals surface area (Å²) >= 11 is 1.85. The van der Waals surface area contributed by atoms with Crippen molar-refractivity contribution in [3.05, 3.63) is 21.9 Å². The van der Waals surface area contributed by atoms with Crippen LogP contribution in [0, 0.1) is 5.92 Å². The summed E-state index contributed by atoms with van der Waals surface area (Å²) < 4.78 is 0. The van der Waals surface area contributed by atoms with Gasteiger partial charge in [-0.25, -0.2) is 4.99 Å². The van der Waals surface area contributed by atoms with Crippen molar-refractivity contribution in [1.29, 1.82) is 0 Å². The van der Waals surface area contributed by atoms with Gasteiger partial charge in [-0.15, -0.1) is 11.3 Å². The summed E-state index contributed by atoms with van der Waals surface area (Å²) in [5, 5.41) is 6.63. The maximum Gasteiger partial charge on any atom is 0.191 e. The molecule has 102 valence electrons.